The van der Waals surface area contributed by atoms with Gasteiger partial charge in [-0.1, -0.05) is 0 Å². The first-order chi connectivity index (χ1) is 24.2. The second-order valence-corrected chi connectivity index (χ2v) is 13.1. The van der Waals surface area contributed by atoms with Gasteiger partial charge in [0.05, 0.1) is 53.7 Å². The highest BCUT2D eigenvalue weighted by Crippen LogP contribution is 2.38. The van der Waals surface area contributed by atoms with Crippen LogP contribution in [-0.4, -0.2) is 112 Å². The van der Waals surface area contributed by atoms with E-state index in [0.717, 1.165) is 24.3 Å². The van der Waals surface area contributed by atoms with Crippen molar-refractivity contribution in [3.63, 3.8) is 0 Å². The maximum atomic E-state index is 13.8. The molecule has 0 aliphatic carbocycles. The predicted octanol–water partition coefficient (Wildman–Crippen LogP) is 3.35. The zero-order chi connectivity index (χ0) is 34.8. The molecular weight excluding hydrogens is 642 g/mol. The number of aromatic nitrogens is 6. The van der Waals surface area contributed by atoms with Gasteiger partial charge in [-0.15, -0.1) is 0 Å². The molecule has 0 bridgehead atoms. The summed E-state index contributed by atoms with van der Waals surface area (Å²) in [4.78, 5) is 37.9. The van der Waals surface area contributed by atoms with Crippen LogP contribution in [0.3, 0.4) is 0 Å². The molecule has 0 radical (unpaired) electrons. The van der Waals surface area contributed by atoms with Gasteiger partial charge in [-0.2, -0.15) is 10.2 Å². The average Bonchev–Trinajstić information content (AvgIpc) is 3.73. The van der Waals surface area contributed by atoms with Crippen LogP contribution in [0.15, 0.2) is 49.1 Å². The van der Waals surface area contributed by atoms with Gasteiger partial charge in [0.1, 0.15) is 29.4 Å². The average molecular weight is 684 g/mol. The molecule has 0 atom stereocenters. The number of methoxy groups -OCH3 is 2. The summed E-state index contributed by atoms with van der Waals surface area (Å²) in [7, 11) is 3.19. The molecule has 0 spiro atoms. The van der Waals surface area contributed by atoms with Crippen LogP contribution in [0.2, 0.25) is 0 Å². The third-order valence-electron chi connectivity index (χ3n) is 9.02. The number of carbonyl (C=O) groups is 2. The first-order valence-electron chi connectivity index (χ1n) is 16.7. The smallest absolute Gasteiger partial charge is 0.309 e. The summed E-state index contributed by atoms with van der Waals surface area (Å²) in [5.74, 6) is 0.565. The van der Waals surface area contributed by atoms with Crippen molar-refractivity contribution in [2.45, 2.75) is 32.3 Å². The van der Waals surface area contributed by atoms with Crippen LogP contribution >= 0.6 is 0 Å². The summed E-state index contributed by atoms with van der Waals surface area (Å²) >= 11 is 0. The van der Waals surface area contributed by atoms with Crippen molar-refractivity contribution in [3.05, 3.63) is 54.7 Å². The minimum absolute atomic E-state index is 0.150. The molecule has 262 valence electrons. The molecule has 15 heteroatoms. The predicted molar refractivity (Wildman–Crippen MR) is 185 cm³/mol. The van der Waals surface area contributed by atoms with Crippen LogP contribution in [0.25, 0.3) is 33.5 Å². The monoisotopic (exact) mass is 683 g/mol. The lowest BCUT2D eigenvalue weighted by molar-refractivity contribution is -0.167. The lowest BCUT2D eigenvalue weighted by atomic mass is 9.96. The van der Waals surface area contributed by atoms with Crippen molar-refractivity contribution >= 4 is 34.1 Å². The van der Waals surface area contributed by atoms with Crippen molar-refractivity contribution in [1.29, 1.82) is 0 Å². The van der Waals surface area contributed by atoms with Crippen LogP contribution in [0, 0.1) is 5.92 Å². The van der Waals surface area contributed by atoms with E-state index in [-0.39, 0.29) is 23.5 Å². The number of amides is 1. The molecule has 2 aliphatic rings. The largest absolute Gasteiger partial charge is 0.494 e. The van der Waals surface area contributed by atoms with Crippen molar-refractivity contribution in [3.8, 4) is 28.4 Å². The highest BCUT2D eigenvalue weighted by atomic mass is 16.6. The second-order valence-electron chi connectivity index (χ2n) is 13.1. The highest BCUT2D eigenvalue weighted by molar-refractivity contribution is 6.05. The van der Waals surface area contributed by atoms with Gasteiger partial charge < -0.3 is 34.5 Å². The van der Waals surface area contributed by atoms with Crippen LogP contribution in [0.1, 0.15) is 37.2 Å². The minimum Gasteiger partial charge on any atom is -0.494 e. The summed E-state index contributed by atoms with van der Waals surface area (Å²) in [6.45, 7) is 7.76. The Balaban J connectivity index is 1.12. The Bertz CT molecular complexity index is 2030. The molecule has 7 rings (SSSR count). The minimum atomic E-state index is -0.664. The number of nitrogens with one attached hydrogen (secondary N) is 2. The van der Waals surface area contributed by atoms with Gasteiger partial charge in [-0.05, 0) is 51.9 Å². The topological polar surface area (TPSA) is 159 Å². The van der Waals surface area contributed by atoms with E-state index in [9.17, 15) is 9.59 Å². The fourth-order valence-electron chi connectivity index (χ4n) is 6.54. The quantitative estimate of drug-likeness (QED) is 0.196. The van der Waals surface area contributed by atoms with Crippen LogP contribution < -0.4 is 20.1 Å². The Morgan fingerprint density at radius 2 is 1.96 bits per heavy atom. The van der Waals surface area contributed by atoms with Gasteiger partial charge in [0.25, 0.3) is 5.91 Å². The second kappa shape index (κ2) is 13.9. The maximum Gasteiger partial charge on any atom is 0.309 e. The van der Waals surface area contributed by atoms with Crippen molar-refractivity contribution in [1.82, 2.24) is 39.6 Å². The molecular formula is C35H41N9O6. The Morgan fingerprint density at radius 1 is 1.12 bits per heavy atom. The van der Waals surface area contributed by atoms with E-state index in [0.29, 0.717) is 85.1 Å². The number of anilines is 1. The maximum absolute atomic E-state index is 13.8. The number of likely N-dealkylation sites (tertiary alicyclic amines) is 1. The zero-order valence-corrected chi connectivity index (χ0v) is 28.6. The molecule has 15 nitrogen and oxygen atoms in total. The van der Waals surface area contributed by atoms with Gasteiger partial charge in [-0.25, -0.2) is 14.2 Å². The third-order valence-corrected chi connectivity index (χ3v) is 9.02. The van der Waals surface area contributed by atoms with Gasteiger partial charge in [0.15, 0.2) is 11.3 Å². The lowest BCUT2D eigenvalue weighted by Gasteiger charge is -2.33. The molecule has 2 N–H and O–H groups in total. The van der Waals surface area contributed by atoms with E-state index in [2.05, 4.69) is 25.6 Å². The molecule has 5 aromatic rings. The first-order valence-corrected chi connectivity index (χ1v) is 16.7. The molecule has 6 heterocycles. The highest BCUT2D eigenvalue weighted by Gasteiger charge is 2.31. The first kappa shape index (κ1) is 33.2. The number of nitrogens with zero attached hydrogens (tertiary/aromatic N) is 7. The van der Waals surface area contributed by atoms with Crippen LogP contribution in [0.4, 0.5) is 5.69 Å². The Hall–Kier alpha value is -5.28. The summed E-state index contributed by atoms with van der Waals surface area (Å²) in [6.07, 6.45) is 8.31. The number of pyridine rings is 1. The Kier molecular flexibility index (Phi) is 9.25. The van der Waals surface area contributed by atoms with E-state index in [1.807, 2.05) is 44.3 Å². The molecule has 2 aliphatic heterocycles. The van der Waals surface area contributed by atoms with Crippen molar-refractivity contribution < 1.29 is 28.5 Å². The number of rotatable bonds is 11. The standard InChI is InChI=1S/C35H41N9O6/c1-35(2,21-47-3)50-34(46)22-6-12-42(13-7-22)14-9-38-33(45)31-24-19-39-25(23-20-40-43-11-5-8-37-32(23)43)16-27(24)44(41-31)28-18-29-26(17-30(28)48-4)36-10-15-49-29/h5,8,11,16-20,22,36H,6-7,9-10,12-15,21H2,1-4H3,(H,38,45). The SMILES string of the molecule is COCC(C)(C)OC(=O)C1CCN(CCNC(=O)c2nn(-c3cc4c(cc3OC)NCCO4)c3cc(-c4cnn5cccnc45)ncc23)CC1. The molecule has 1 aromatic carbocycles. The number of piperidine rings is 1. The molecule has 1 saturated heterocycles. The summed E-state index contributed by atoms with van der Waals surface area (Å²) in [5, 5.41) is 16.2. The molecule has 4 aromatic heterocycles. The van der Waals surface area contributed by atoms with Crippen molar-refractivity contribution in [2.75, 3.05) is 65.5 Å². The number of carbonyl (C=O) groups excluding carboxylic acids is 2. The molecule has 0 unspecified atom stereocenters. The van der Waals surface area contributed by atoms with E-state index in [1.54, 1.807) is 42.0 Å². The fraction of sp³-hybridized carbons (Fsp3) is 0.429. The van der Waals surface area contributed by atoms with Gasteiger partial charge in [-0.3, -0.25) is 14.6 Å². The van der Waals surface area contributed by atoms with Crippen molar-refractivity contribution in [2.24, 2.45) is 5.92 Å². The van der Waals surface area contributed by atoms with E-state index < -0.39 is 5.60 Å². The van der Waals surface area contributed by atoms with Gasteiger partial charge in [0, 0.05) is 57.5 Å². The van der Waals surface area contributed by atoms with Crippen LogP contribution in [-0.2, 0) is 14.3 Å². The Labute approximate surface area is 288 Å². The van der Waals surface area contributed by atoms with E-state index in [4.69, 9.17) is 29.0 Å². The van der Waals surface area contributed by atoms with E-state index >= 15 is 0 Å². The zero-order valence-electron chi connectivity index (χ0n) is 28.6. The molecule has 50 heavy (non-hydrogen) atoms. The van der Waals surface area contributed by atoms with Gasteiger partial charge >= 0.3 is 5.97 Å². The number of hydrogen-bond donors (Lipinski definition) is 2. The number of hydrogen-bond acceptors (Lipinski definition) is 12. The van der Waals surface area contributed by atoms with Gasteiger partial charge in [0.2, 0.25) is 0 Å². The fourth-order valence-corrected chi connectivity index (χ4v) is 6.54. The lowest BCUT2D eigenvalue weighted by Crippen LogP contribution is -2.43. The summed E-state index contributed by atoms with van der Waals surface area (Å²) in [6, 6.07) is 7.43. The Morgan fingerprint density at radius 3 is 2.76 bits per heavy atom. The molecule has 1 fully saturated rings. The number of fused-ring (bicyclic) bond motifs is 3. The third kappa shape index (κ3) is 6.65. The van der Waals surface area contributed by atoms with Crippen LogP contribution in [0.5, 0.6) is 11.5 Å². The summed E-state index contributed by atoms with van der Waals surface area (Å²) in [5.41, 5.74) is 3.68. The summed E-state index contributed by atoms with van der Waals surface area (Å²) < 4.78 is 26.0. The molecule has 0 saturated carbocycles. The number of benzene rings is 1. The molecule has 1 amide bonds. The number of ether oxygens (including phenoxy) is 4. The normalized spacial score (nSPS) is 15.4. The van der Waals surface area contributed by atoms with E-state index in [1.165, 1.54) is 0 Å². The number of esters is 1.